The number of nitrogens with one attached hydrogen (secondary N) is 1. The number of amides is 2. The van der Waals surface area contributed by atoms with Crippen LogP contribution in [0.3, 0.4) is 0 Å². The van der Waals surface area contributed by atoms with Gasteiger partial charge in [-0.15, -0.1) is 23.7 Å². The number of likely N-dealkylation sites (tertiary alicyclic amines) is 1. The Hall–Kier alpha value is -1.11. The van der Waals surface area contributed by atoms with Crippen LogP contribution in [0.25, 0.3) is 0 Å². The van der Waals surface area contributed by atoms with E-state index in [0.29, 0.717) is 11.4 Å². The lowest BCUT2D eigenvalue weighted by Crippen LogP contribution is -2.50. The summed E-state index contributed by atoms with van der Waals surface area (Å²) < 4.78 is 0. The predicted octanol–water partition coefficient (Wildman–Crippen LogP) is 1.24. The number of thiophene rings is 1. The third-order valence-electron chi connectivity index (χ3n) is 3.36. The van der Waals surface area contributed by atoms with Gasteiger partial charge >= 0.3 is 0 Å². The van der Waals surface area contributed by atoms with Crippen LogP contribution in [0, 0.1) is 0 Å². The summed E-state index contributed by atoms with van der Waals surface area (Å²) in [6, 6.07) is 3.68. The molecule has 5 nitrogen and oxygen atoms in total. The van der Waals surface area contributed by atoms with Crippen LogP contribution in [-0.2, 0) is 4.79 Å². The zero-order valence-electron chi connectivity index (χ0n) is 11.2. The van der Waals surface area contributed by atoms with Crippen molar-refractivity contribution in [3.05, 3.63) is 22.4 Å². The molecule has 1 aliphatic rings. The van der Waals surface area contributed by atoms with Crippen molar-refractivity contribution in [2.75, 3.05) is 19.6 Å². The maximum atomic E-state index is 12.1. The lowest BCUT2D eigenvalue weighted by molar-refractivity contribution is -0.133. The summed E-state index contributed by atoms with van der Waals surface area (Å²) in [5, 5.41) is 4.51. The molecule has 2 amide bonds. The Morgan fingerprint density at radius 1 is 1.45 bits per heavy atom. The minimum Gasteiger partial charge on any atom is -0.342 e. The quantitative estimate of drug-likeness (QED) is 0.877. The first-order chi connectivity index (χ1) is 9.22. The fourth-order valence-corrected chi connectivity index (χ4v) is 2.97. The van der Waals surface area contributed by atoms with E-state index in [9.17, 15) is 9.59 Å². The molecule has 0 aliphatic carbocycles. The number of halogens is 1. The highest BCUT2D eigenvalue weighted by molar-refractivity contribution is 7.12. The van der Waals surface area contributed by atoms with Crippen LogP contribution in [0.15, 0.2) is 17.5 Å². The molecule has 2 rings (SSSR count). The molecule has 1 aliphatic heterocycles. The molecular weight excluding hydrogens is 298 g/mol. The second-order valence-corrected chi connectivity index (χ2v) is 5.58. The molecule has 1 unspecified atom stereocenters. The molecule has 1 atom stereocenters. The van der Waals surface area contributed by atoms with Gasteiger partial charge in [-0.05, 0) is 30.7 Å². The maximum Gasteiger partial charge on any atom is 0.261 e. The molecule has 112 valence electrons. The molecule has 7 heteroatoms. The average Bonchev–Trinajstić information content (AvgIpc) is 2.98. The summed E-state index contributed by atoms with van der Waals surface area (Å²) in [7, 11) is 0. The predicted molar refractivity (Wildman–Crippen MR) is 82.3 cm³/mol. The Bertz CT molecular complexity index is 439. The minimum absolute atomic E-state index is 0. The highest BCUT2D eigenvalue weighted by atomic mass is 35.5. The van der Waals surface area contributed by atoms with E-state index in [-0.39, 0.29) is 36.8 Å². The highest BCUT2D eigenvalue weighted by Crippen LogP contribution is 2.16. The second kappa shape index (κ2) is 8.24. The molecule has 2 heterocycles. The fourth-order valence-electron chi connectivity index (χ4n) is 2.33. The molecule has 0 bridgehead atoms. The summed E-state index contributed by atoms with van der Waals surface area (Å²) >= 11 is 1.37. The Kier molecular flexibility index (Phi) is 6.98. The molecule has 0 aromatic carbocycles. The van der Waals surface area contributed by atoms with Gasteiger partial charge in [-0.3, -0.25) is 9.59 Å². The molecule has 1 saturated heterocycles. The highest BCUT2D eigenvalue weighted by Gasteiger charge is 2.25. The lowest BCUT2D eigenvalue weighted by atomic mass is 10.0. The van der Waals surface area contributed by atoms with Crippen LogP contribution in [0.1, 0.15) is 28.9 Å². The van der Waals surface area contributed by atoms with Gasteiger partial charge in [-0.2, -0.15) is 0 Å². The van der Waals surface area contributed by atoms with E-state index in [1.165, 1.54) is 11.3 Å². The van der Waals surface area contributed by atoms with Crippen LogP contribution in [0.4, 0.5) is 0 Å². The van der Waals surface area contributed by atoms with Crippen LogP contribution in [0.2, 0.25) is 0 Å². The first kappa shape index (κ1) is 16.9. The van der Waals surface area contributed by atoms with Crippen molar-refractivity contribution in [3.63, 3.8) is 0 Å². The van der Waals surface area contributed by atoms with E-state index in [1.807, 2.05) is 11.4 Å². The van der Waals surface area contributed by atoms with Crippen LogP contribution in [-0.4, -0.2) is 42.4 Å². The van der Waals surface area contributed by atoms with Gasteiger partial charge in [-0.25, -0.2) is 0 Å². The van der Waals surface area contributed by atoms with E-state index >= 15 is 0 Å². The zero-order chi connectivity index (χ0) is 13.7. The van der Waals surface area contributed by atoms with Gasteiger partial charge in [0.05, 0.1) is 11.4 Å². The van der Waals surface area contributed by atoms with Crippen LogP contribution < -0.4 is 11.1 Å². The second-order valence-electron chi connectivity index (χ2n) is 4.63. The van der Waals surface area contributed by atoms with Crippen molar-refractivity contribution in [1.29, 1.82) is 0 Å². The number of piperidine rings is 1. The van der Waals surface area contributed by atoms with Gasteiger partial charge in [-0.1, -0.05) is 6.07 Å². The Balaban J connectivity index is 0.00000200. The summed E-state index contributed by atoms with van der Waals surface area (Å²) in [6.07, 6.45) is 3.09. The molecule has 0 saturated carbocycles. The number of hydrogen-bond acceptors (Lipinski definition) is 4. The number of hydrogen-bond donors (Lipinski definition) is 2. The van der Waals surface area contributed by atoms with Crippen molar-refractivity contribution in [1.82, 2.24) is 10.2 Å². The Morgan fingerprint density at radius 3 is 2.90 bits per heavy atom. The van der Waals surface area contributed by atoms with Gasteiger partial charge in [0.15, 0.2) is 0 Å². The number of nitrogens with zero attached hydrogens (tertiary/aromatic N) is 1. The van der Waals surface area contributed by atoms with Crippen LogP contribution >= 0.6 is 23.7 Å². The third-order valence-corrected chi connectivity index (χ3v) is 4.23. The van der Waals surface area contributed by atoms with Gasteiger partial charge in [0, 0.05) is 19.1 Å². The van der Waals surface area contributed by atoms with E-state index < -0.39 is 0 Å². The molecule has 1 aromatic heterocycles. The molecule has 3 N–H and O–H groups in total. The minimum atomic E-state index is -0.190. The van der Waals surface area contributed by atoms with Crippen molar-refractivity contribution in [2.24, 2.45) is 5.73 Å². The summed E-state index contributed by atoms with van der Waals surface area (Å²) in [5.74, 6) is -0.232. The Labute approximate surface area is 128 Å². The number of rotatable bonds is 4. The summed E-state index contributed by atoms with van der Waals surface area (Å²) in [5.41, 5.74) is 5.68. The molecule has 0 spiro atoms. The van der Waals surface area contributed by atoms with Crippen molar-refractivity contribution < 1.29 is 9.59 Å². The van der Waals surface area contributed by atoms with Crippen molar-refractivity contribution in [2.45, 2.75) is 25.3 Å². The molecule has 0 radical (unpaired) electrons. The third kappa shape index (κ3) is 4.19. The van der Waals surface area contributed by atoms with E-state index in [2.05, 4.69) is 5.32 Å². The van der Waals surface area contributed by atoms with E-state index in [0.717, 1.165) is 25.8 Å². The summed E-state index contributed by atoms with van der Waals surface area (Å²) in [6.45, 7) is 1.29. The monoisotopic (exact) mass is 317 g/mol. The normalized spacial score (nSPS) is 18.2. The van der Waals surface area contributed by atoms with Gasteiger partial charge in [0.1, 0.15) is 0 Å². The van der Waals surface area contributed by atoms with Gasteiger partial charge in [0.25, 0.3) is 5.91 Å². The van der Waals surface area contributed by atoms with E-state index in [4.69, 9.17) is 5.73 Å². The lowest BCUT2D eigenvalue weighted by Gasteiger charge is -2.35. The first-order valence-electron chi connectivity index (χ1n) is 6.53. The van der Waals surface area contributed by atoms with Crippen LogP contribution in [0.5, 0.6) is 0 Å². The standard InChI is InChI=1S/C13H19N3O2S.ClH/c14-8-10-4-1-2-6-16(10)12(17)9-15-13(18)11-5-3-7-19-11;/h3,5,7,10H,1-2,4,6,8-9,14H2,(H,15,18);1H. The molecule has 1 fully saturated rings. The number of carbonyl (C=O) groups is 2. The molecule has 1 aromatic rings. The number of nitrogens with two attached hydrogens (primary N) is 1. The maximum absolute atomic E-state index is 12.1. The van der Waals surface area contributed by atoms with E-state index in [1.54, 1.807) is 11.0 Å². The van der Waals surface area contributed by atoms with Crippen molar-refractivity contribution >= 4 is 35.6 Å². The average molecular weight is 318 g/mol. The van der Waals surface area contributed by atoms with Crippen molar-refractivity contribution in [3.8, 4) is 0 Å². The van der Waals surface area contributed by atoms with Gasteiger partial charge < -0.3 is 16.0 Å². The number of carbonyl (C=O) groups excluding carboxylic acids is 2. The molecule has 20 heavy (non-hydrogen) atoms. The zero-order valence-corrected chi connectivity index (χ0v) is 12.8. The fraction of sp³-hybridized carbons (Fsp3) is 0.538. The SMILES string of the molecule is Cl.NCC1CCCCN1C(=O)CNC(=O)c1cccs1. The first-order valence-corrected chi connectivity index (χ1v) is 7.41. The smallest absolute Gasteiger partial charge is 0.261 e. The van der Waals surface area contributed by atoms with Gasteiger partial charge in [0.2, 0.25) is 5.91 Å². The topological polar surface area (TPSA) is 75.4 Å². The Morgan fingerprint density at radius 2 is 2.25 bits per heavy atom. The largest absolute Gasteiger partial charge is 0.342 e. The molecular formula is C13H20ClN3O2S. The summed E-state index contributed by atoms with van der Waals surface area (Å²) in [4.78, 5) is 26.3.